The highest BCUT2D eigenvalue weighted by molar-refractivity contribution is 7.47. The van der Waals surface area contributed by atoms with Crippen molar-refractivity contribution >= 4 is 19.8 Å². The number of phosphoric acid groups is 1. The van der Waals surface area contributed by atoms with Gasteiger partial charge in [0.1, 0.15) is 12.7 Å². The Kier molecular flexibility index (Phi) is 35.5. The van der Waals surface area contributed by atoms with Crippen LogP contribution in [0.15, 0.2) is 85.1 Å². The molecule has 0 aromatic heterocycles. The van der Waals surface area contributed by atoms with Crippen molar-refractivity contribution in [1.29, 1.82) is 0 Å². The van der Waals surface area contributed by atoms with Crippen LogP contribution in [0.5, 0.6) is 0 Å². The van der Waals surface area contributed by atoms with Gasteiger partial charge in [0, 0.05) is 12.8 Å². The van der Waals surface area contributed by atoms with Crippen molar-refractivity contribution in [2.45, 2.75) is 142 Å². The molecule has 11 heteroatoms. The molecular formula is C42H69O10P. The molecule has 0 aliphatic carbocycles. The van der Waals surface area contributed by atoms with E-state index in [1.54, 1.807) is 0 Å². The van der Waals surface area contributed by atoms with E-state index in [1.807, 2.05) is 36.5 Å². The van der Waals surface area contributed by atoms with Gasteiger partial charge in [-0.05, 0) is 70.6 Å². The fourth-order valence-electron chi connectivity index (χ4n) is 4.60. The Bertz CT molecular complexity index is 1150. The fourth-order valence-corrected chi connectivity index (χ4v) is 5.39. The molecular weight excluding hydrogens is 695 g/mol. The summed E-state index contributed by atoms with van der Waals surface area (Å²) in [6, 6.07) is 0. The van der Waals surface area contributed by atoms with E-state index in [0.29, 0.717) is 12.8 Å². The van der Waals surface area contributed by atoms with Crippen LogP contribution >= 0.6 is 7.82 Å². The lowest BCUT2D eigenvalue weighted by Gasteiger charge is -2.20. The summed E-state index contributed by atoms with van der Waals surface area (Å²) >= 11 is 0. The smallest absolute Gasteiger partial charge is 0.462 e. The number of aliphatic hydroxyl groups is 2. The van der Waals surface area contributed by atoms with E-state index in [2.05, 4.69) is 67.0 Å². The predicted octanol–water partition coefficient (Wildman–Crippen LogP) is 9.88. The Morgan fingerprint density at radius 1 is 0.604 bits per heavy atom. The Morgan fingerprint density at radius 2 is 1.11 bits per heavy atom. The Balaban J connectivity index is 4.49. The summed E-state index contributed by atoms with van der Waals surface area (Å²) in [6.07, 6.45) is 42.7. The van der Waals surface area contributed by atoms with Gasteiger partial charge >= 0.3 is 19.8 Å². The maximum atomic E-state index is 12.6. The minimum absolute atomic E-state index is 0.125. The predicted molar refractivity (Wildman–Crippen MR) is 214 cm³/mol. The van der Waals surface area contributed by atoms with E-state index in [4.69, 9.17) is 19.1 Å². The Labute approximate surface area is 320 Å². The molecule has 0 aliphatic heterocycles. The molecule has 0 fully saturated rings. The van der Waals surface area contributed by atoms with Crippen LogP contribution in [0, 0.1) is 0 Å². The fraction of sp³-hybridized carbons (Fsp3) is 0.619. The van der Waals surface area contributed by atoms with Crippen molar-refractivity contribution < 1.29 is 47.8 Å². The van der Waals surface area contributed by atoms with Gasteiger partial charge in [-0.25, -0.2) is 4.57 Å². The van der Waals surface area contributed by atoms with Crippen LogP contribution in [-0.4, -0.2) is 65.7 Å². The minimum Gasteiger partial charge on any atom is -0.462 e. The number of aliphatic hydroxyl groups excluding tert-OH is 2. The number of carbonyl (C=O) groups excluding carboxylic acids is 2. The summed E-state index contributed by atoms with van der Waals surface area (Å²) in [5.74, 6) is -1.01. The van der Waals surface area contributed by atoms with Gasteiger partial charge in [0.05, 0.1) is 19.8 Å². The zero-order valence-electron chi connectivity index (χ0n) is 32.4. The standard InChI is InChI=1S/C42H69O10P/c1-3-5-7-9-11-13-15-17-19-21-23-25-27-29-31-33-41(45)49-37-40(38-51-53(47,48)50-36-39(44)35-43)52-42(46)34-32-30-28-26-24-22-20-18-16-14-12-10-8-6-4-2/h5,7,9,11-15,17-20,24,26,39-40,43-44H,3-4,6,8,10,16,21-23,25,27-38H2,1-2H3,(H,47,48)/b7-5+,11-9+,14-12+,15-13+,19-17+,20-18+,26-24+/t39-,40+/m0/s1. The first kappa shape index (κ1) is 50.1. The summed E-state index contributed by atoms with van der Waals surface area (Å²) < 4.78 is 32.5. The summed E-state index contributed by atoms with van der Waals surface area (Å²) in [4.78, 5) is 34.9. The number of carbonyl (C=O) groups is 2. The number of unbranched alkanes of at least 4 members (excludes halogenated alkanes) is 10. The lowest BCUT2D eigenvalue weighted by molar-refractivity contribution is -0.161. The largest absolute Gasteiger partial charge is 0.472 e. The molecule has 3 N–H and O–H groups in total. The third kappa shape index (κ3) is 37.3. The second-order valence-corrected chi connectivity index (χ2v) is 14.1. The number of phosphoric ester groups is 1. The molecule has 0 aromatic carbocycles. The van der Waals surface area contributed by atoms with E-state index in [0.717, 1.165) is 70.6 Å². The SMILES string of the molecule is CC/C=C/C=C/C=C/C=C/CCCCCCCC(=O)OC[C@H](COP(=O)(O)OC[C@@H](O)CO)OC(=O)CCCC/C=C/C/C=C/C/C=C/CCCCC. The van der Waals surface area contributed by atoms with Gasteiger partial charge < -0.3 is 24.6 Å². The molecule has 3 atom stereocenters. The van der Waals surface area contributed by atoms with E-state index < -0.39 is 51.8 Å². The number of ether oxygens (including phenoxy) is 2. The monoisotopic (exact) mass is 764 g/mol. The maximum Gasteiger partial charge on any atom is 0.472 e. The zero-order chi connectivity index (χ0) is 39.1. The second-order valence-electron chi connectivity index (χ2n) is 12.7. The van der Waals surface area contributed by atoms with Gasteiger partial charge in [-0.3, -0.25) is 18.6 Å². The van der Waals surface area contributed by atoms with Crippen LogP contribution in [0.1, 0.15) is 129 Å². The number of allylic oxidation sites excluding steroid dienone is 14. The number of esters is 2. The molecule has 0 aromatic rings. The van der Waals surface area contributed by atoms with E-state index >= 15 is 0 Å². The minimum atomic E-state index is -4.64. The van der Waals surface area contributed by atoms with E-state index in [1.165, 1.54) is 19.3 Å². The average molecular weight is 765 g/mol. The summed E-state index contributed by atoms with van der Waals surface area (Å²) in [7, 11) is -4.64. The van der Waals surface area contributed by atoms with Gasteiger partial charge in [-0.1, -0.05) is 131 Å². The topological polar surface area (TPSA) is 149 Å². The van der Waals surface area contributed by atoms with Crippen molar-refractivity contribution in [3.63, 3.8) is 0 Å². The van der Waals surface area contributed by atoms with Crippen LogP contribution in [0.25, 0.3) is 0 Å². The third-order valence-corrected chi connectivity index (χ3v) is 8.58. The maximum absolute atomic E-state index is 12.6. The van der Waals surface area contributed by atoms with Crippen LogP contribution in [0.3, 0.4) is 0 Å². The molecule has 0 saturated heterocycles. The van der Waals surface area contributed by atoms with Crippen LogP contribution in [0.2, 0.25) is 0 Å². The quantitative estimate of drug-likeness (QED) is 0.0187. The highest BCUT2D eigenvalue weighted by Crippen LogP contribution is 2.43. The van der Waals surface area contributed by atoms with Crippen molar-refractivity contribution in [2.24, 2.45) is 0 Å². The molecule has 0 bridgehead atoms. The third-order valence-electron chi connectivity index (χ3n) is 7.63. The van der Waals surface area contributed by atoms with Crippen molar-refractivity contribution in [1.82, 2.24) is 0 Å². The molecule has 0 amide bonds. The molecule has 302 valence electrons. The number of hydrogen-bond acceptors (Lipinski definition) is 9. The highest BCUT2D eigenvalue weighted by Gasteiger charge is 2.27. The van der Waals surface area contributed by atoms with E-state index in [-0.39, 0.29) is 19.4 Å². The Morgan fingerprint density at radius 3 is 1.77 bits per heavy atom. The van der Waals surface area contributed by atoms with Gasteiger partial charge in [-0.15, -0.1) is 0 Å². The average Bonchev–Trinajstić information content (AvgIpc) is 3.14. The van der Waals surface area contributed by atoms with Gasteiger partial charge in [-0.2, -0.15) is 0 Å². The molecule has 53 heavy (non-hydrogen) atoms. The first-order valence-corrected chi connectivity index (χ1v) is 21.1. The van der Waals surface area contributed by atoms with Gasteiger partial charge in [0.2, 0.25) is 0 Å². The molecule has 1 unspecified atom stereocenters. The molecule has 10 nitrogen and oxygen atoms in total. The Hall–Kier alpha value is -2.85. The van der Waals surface area contributed by atoms with Crippen LogP contribution in [-0.2, 0) is 32.7 Å². The first-order valence-electron chi connectivity index (χ1n) is 19.6. The molecule has 0 heterocycles. The van der Waals surface area contributed by atoms with Crippen molar-refractivity contribution in [2.75, 3.05) is 26.4 Å². The zero-order valence-corrected chi connectivity index (χ0v) is 33.3. The summed E-state index contributed by atoms with van der Waals surface area (Å²) in [5, 5.41) is 18.3. The molecule has 0 spiro atoms. The first-order chi connectivity index (χ1) is 25.7. The summed E-state index contributed by atoms with van der Waals surface area (Å²) in [6.45, 7) is 2.10. The van der Waals surface area contributed by atoms with Crippen molar-refractivity contribution in [3.8, 4) is 0 Å². The molecule has 0 saturated carbocycles. The summed E-state index contributed by atoms with van der Waals surface area (Å²) in [5.41, 5.74) is 0. The van der Waals surface area contributed by atoms with Crippen LogP contribution in [0.4, 0.5) is 0 Å². The second kappa shape index (κ2) is 37.5. The number of hydrogen-bond donors (Lipinski definition) is 3. The van der Waals surface area contributed by atoms with Gasteiger partial charge in [0.25, 0.3) is 0 Å². The molecule has 0 rings (SSSR count). The lowest BCUT2D eigenvalue weighted by atomic mass is 10.1. The van der Waals surface area contributed by atoms with Crippen LogP contribution < -0.4 is 0 Å². The number of rotatable bonds is 35. The van der Waals surface area contributed by atoms with Crippen molar-refractivity contribution in [3.05, 3.63) is 85.1 Å². The molecule has 0 radical (unpaired) electrons. The normalized spacial score (nSPS) is 14.9. The lowest BCUT2D eigenvalue weighted by Crippen LogP contribution is -2.29. The molecule has 0 aliphatic rings. The highest BCUT2D eigenvalue weighted by atomic mass is 31.2. The van der Waals surface area contributed by atoms with Gasteiger partial charge in [0.15, 0.2) is 6.10 Å². The van der Waals surface area contributed by atoms with E-state index in [9.17, 15) is 24.2 Å².